The topological polar surface area (TPSA) is 70.4 Å². The molecule has 156 valence electrons. The van der Waals surface area contributed by atoms with Crippen LogP contribution in [0, 0.1) is 5.92 Å². The van der Waals surface area contributed by atoms with Crippen molar-refractivity contribution in [3.05, 3.63) is 47.1 Å². The van der Waals surface area contributed by atoms with E-state index in [4.69, 9.17) is 0 Å². The number of fused-ring (bicyclic) bond motifs is 1. The fourth-order valence-corrected chi connectivity index (χ4v) is 3.98. The predicted molar refractivity (Wildman–Crippen MR) is 120 cm³/mol. The van der Waals surface area contributed by atoms with Gasteiger partial charge in [-0.3, -0.25) is 9.36 Å². The summed E-state index contributed by atoms with van der Waals surface area (Å²) in [6, 6.07) is 8.00. The first-order valence-corrected chi connectivity index (χ1v) is 10.6. The average molecular weight is 406 g/mol. The zero-order chi connectivity index (χ0) is 20.7. The molecule has 3 heterocycles. The highest BCUT2D eigenvalue weighted by Crippen LogP contribution is 2.30. The highest BCUT2D eigenvalue weighted by molar-refractivity contribution is 5.81. The fourth-order valence-electron chi connectivity index (χ4n) is 3.98. The molecular formula is C22H27N7O. The second-order valence-corrected chi connectivity index (χ2v) is 8.43. The lowest BCUT2D eigenvalue weighted by atomic mass is 10.2. The molecule has 2 fully saturated rings. The summed E-state index contributed by atoms with van der Waals surface area (Å²) in [6.07, 6.45) is 5.97. The minimum Gasteiger partial charge on any atom is -0.368 e. The second-order valence-electron chi connectivity index (χ2n) is 8.43. The lowest BCUT2D eigenvalue weighted by molar-refractivity contribution is 0.602. The van der Waals surface area contributed by atoms with Gasteiger partial charge in [0.2, 0.25) is 5.95 Å². The summed E-state index contributed by atoms with van der Waals surface area (Å²) < 4.78 is 1.77. The van der Waals surface area contributed by atoms with Crippen LogP contribution in [0.4, 0.5) is 17.5 Å². The maximum absolute atomic E-state index is 12.7. The number of hydrogen-bond acceptors (Lipinski definition) is 7. The minimum atomic E-state index is 0.0729. The Bertz CT molecular complexity index is 1110. The lowest BCUT2D eigenvalue weighted by Crippen LogP contribution is -2.47. The van der Waals surface area contributed by atoms with Crippen molar-refractivity contribution in [1.82, 2.24) is 19.5 Å². The van der Waals surface area contributed by atoms with Gasteiger partial charge in [0, 0.05) is 58.7 Å². The highest BCUT2D eigenvalue weighted by Gasteiger charge is 2.23. The molecule has 0 amide bonds. The molecular weight excluding hydrogens is 378 g/mol. The van der Waals surface area contributed by atoms with E-state index in [9.17, 15) is 4.79 Å². The molecule has 1 aliphatic heterocycles. The van der Waals surface area contributed by atoms with Gasteiger partial charge in [0.25, 0.3) is 5.56 Å². The Hall–Kier alpha value is -3.16. The third-order valence-electron chi connectivity index (χ3n) is 5.96. The van der Waals surface area contributed by atoms with Gasteiger partial charge in [-0.1, -0.05) is 0 Å². The third kappa shape index (κ3) is 3.69. The van der Waals surface area contributed by atoms with Gasteiger partial charge in [-0.05, 0) is 43.0 Å². The Kier molecular flexibility index (Phi) is 4.77. The van der Waals surface area contributed by atoms with Gasteiger partial charge in [-0.25, -0.2) is 9.97 Å². The average Bonchev–Trinajstić information content (AvgIpc) is 3.60. The zero-order valence-electron chi connectivity index (χ0n) is 17.5. The van der Waals surface area contributed by atoms with Crippen molar-refractivity contribution in [1.29, 1.82) is 0 Å². The summed E-state index contributed by atoms with van der Waals surface area (Å²) in [6.45, 7) is 4.36. The van der Waals surface area contributed by atoms with Crippen LogP contribution in [-0.4, -0.2) is 59.8 Å². The first-order valence-electron chi connectivity index (χ1n) is 10.6. The van der Waals surface area contributed by atoms with Crippen LogP contribution in [0.25, 0.3) is 10.9 Å². The van der Waals surface area contributed by atoms with Crippen molar-refractivity contribution in [3.63, 3.8) is 0 Å². The van der Waals surface area contributed by atoms with Crippen LogP contribution in [0.3, 0.4) is 0 Å². The smallest absolute Gasteiger partial charge is 0.261 e. The Morgan fingerprint density at radius 2 is 1.80 bits per heavy atom. The quantitative estimate of drug-likeness (QED) is 0.643. The van der Waals surface area contributed by atoms with Crippen LogP contribution in [0.1, 0.15) is 12.8 Å². The molecule has 2 aliphatic rings. The molecule has 8 nitrogen and oxygen atoms in total. The van der Waals surface area contributed by atoms with Crippen LogP contribution in [0.2, 0.25) is 0 Å². The van der Waals surface area contributed by atoms with Gasteiger partial charge in [-0.2, -0.15) is 4.98 Å². The van der Waals surface area contributed by atoms with Crippen molar-refractivity contribution in [3.8, 4) is 0 Å². The van der Waals surface area contributed by atoms with Crippen molar-refractivity contribution >= 4 is 28.4 Å². The van der Waals surface area contributed by atoms with E-state index in [1.54, 1.807) is 10.9 Å². The van der Waals surface area contributed by atoms with Gasteiger partial charge in [-0.15, -0.1) is 0 Å². The van der Waals surface area contributed by atoms with E-state index >= 15 is 0 Å². The van der Waals surface area contributed by atoms with Crippen LogP contribution >= 0.6 is 0 Å². The Morgan fingerprint density at radius 1 is 1.03 bits per heavy atom. The minimum absolute atomic E-state index is 0.0729. The van der Waals surface area contributed by atoms with E-state index in [1.165, 1.54) is 12.8 Å². The molecule has 0 atom stereocenters. The standard InChI is InChI=1S/C22H27N7O/c1-26(2)22-23-8-7-20(25-22)28-11-9-27(10-12-28)17-5-6-18-19(13-17)24-15-29(21(18)30)14-16-3-4-16/h5-8,13,15-16H,3-4,9-12,14H2,1-2H3. The molecule has 0 N–H and O–H groups in total. The molecule has 0 spiro atoms. The van der Waals surface area contributed by atoms with E-state index in [2.05, 4.69) is 30.8 Å². The van der Waals surface area contributed by atoms with Gasteiger partial charge in [0.05, 0.1) is 17.2 Å². The van der Waals surface area contributed by atoms with Gasteiger partial charge in [0.1, 0.15) is 5.82 Å². The predicted octanol–water partition coefficient (Wildman–Crippen LogP) is 1.99. The molecule has 1 aromatic carbocycles. The highest BCUT2D eigenvalue weighted by atomic mass is 16.1. The summed E-state index contributed by atoms with van der Waals surface area (Å²) in [7, 11) is 3.90. The maximum Gasteiger partial charge on any atom is 0.261 e. The number of nitrogens with zero attached hydrogens (tertiary/aromatic N) is 7. The summed E-state index contributed by atoms with van der Waals surface area (Å²) >= 11 is 0. The van der Waals surface area contributed by atoms with Crippen molar-refractivity contribution in [2.24, 2.45) is 5.92 Å². The molecule has 2 aromatic heterocycles. The van der Waals surface area contributed by atoms with Gasteiger partial charge in [0.15, 0.2) is 0 Å². The number of rotatable bonds is 5. The maximum atomic E-state index is 12.7. The number of benzene rings is 1. The van der Waals surface area contributed by atoms with Gasteiger partial charge >= 0.3 is 0 Å². The molecule has 5 rings (SSSR count). The number of hydrogen-bond donors (Lipinski definition) is 0. The van der Waals surface area contributed by atoms with E-state index in [0.717, 1.165) is 55.7 Å². The van der Waals surface area contributed by atoms with E-state index in [-0.39, 0.29) is 5.56 Å². The SMILES string of the molecule is CN(C)c1nccc(N2CCN(c3ccc4c(=O)n(CC5CC5)cnc4c3)CC2)n1. The number of anilines is 3. The van der Waals surface area contributed by atoms with Crippen molar-refractivity contribution in [2.45, 2.75) is 19.4 Å². The first-order chi connectivity index (χ1) is 14.6. The lowest BCUT2D eigenvalue weighted by Gasteiger charge is -2.36. The third-order valence-corrected chi connectivity index (χ3v) is 5.96. The van der Waals surface area contributed by atoms with Crippen molar-refractivity contribution in [2.75, 3.05) is 55.0 Å². The van der Waals surface area contributed by atoms with E-state index < -0.39 is 0 Å². The summed E-state index contributed by atoms with van der Waals surface area (Å²) in [5.41, 5.74) is 1.97. The van der Waals surface area contributed by atoms with Crippen LogP contribution in [0.5, 0.6) is 0 Å². The Labute approximate surface area is 175 Å². The molecule has 1 saturated heterocycles. The van der Waals surface area contributed by atoms with Crippen LogP contribution in [0.15, 0.2) is 41.6 Å². The second kappa shape index (κ2) is 7.59. The first kappa shape index (κ1) is 18.8. The Balaban J connectivity index is 1.31. The largest absolute Gasteiger partial charge is 0.368 e. The zero-order valence-corrected chi connectivity index (χ0v) is 17.5. The molecule has 3 aromatic rings. The van der Waals surface area contributed by atoms with E-state index in [0.29, 0.717) is 11.3 Å². The summed E-state index contributed by atoms with van der Waals surface area (Å²) in [5.74, 6) is 2.34. The number of piperazine rings is 1. The molecule has 0 unspecified atom stereocenters. The fraction of sp³-hybridized carbons (Fsp3) is 0.455. The monoisotopic (exact) mass is 405 g/mol. The van der Waals surface area contributed by atoms with Gasteiger partial charge < -0.3 is 14.7 Å². The molecule has 1 aliphatic carbocycles. The summed E-state index contributed by atoms with van der Waals surface area (Å²) in [5, 5.41) is 0.706. The van der Waals surface area contributed by atoms with Crippen LogP contribution < -0.4 is 20.3 Å². The van der Waals surface area contributed by atoms with Crippen LogP contribution in [-0.2, 0) is 6.54 Å². The molecule has 8 heteroatoms. The molecule has 30 heavy (non-hydrogen) atoms. The molecule has 0 radical (unpaired) electrons. The summed E-state index contributed by atoms with van der Waals surface area (Å²) in [4.78, 5) is 32.8. The molecule has 0 bridgehead atoms. The normalized spacial score (nSPS) is 16.9. The number of aromatic nitrogens is 4. The van der Waals surface area contributed by atoms with Crippen molar-refractivity contribution < 1.29 is 0 Å². The van der Waals surface area contributed by atoms with E-state index in [1.807, 2.05) is 43.4 Å². The molecule has 1 saturated carbocycles. The Morgan fingerprint density at radius 3 is 2.53 bits per heavy atom.